The average molecular weight is 289 g/mol. The minimum absolute atomic E-state index is 0.237. The highest BCUT2D eigenvalue weighted by Gasteiger charge is 2.30. The molecule has 112 valence electrons. The number of hydrogen-bond donors (Lipinski definition) is 1. The van der Waals surface area contributed by atoms with Crippen molar-refractivity contribution in [1.82, 2.24) is 10.1 Å². The van der Waals surface area contributed by atoms with Crippen LogP contribution in [0.2, 0.25) is 0 Å². The monoisotopic (exact) mass is 289 g/mol. The van der Waals surface area contributed by atoms with E-state index in [2.05, 4.69) is 10.1 Å². The number of rotatable bonds is 3. The first kappa shape index (κ1) is 14.2. The summed E-state index contributed by atoms with van der Waals surface area (Å²) in [5, 5.41) is 3.98. The molecule has 1 aromatic heterocycles. The van der Waals surface area contributed by atoms with E-state index in [9.17, 15) is 4.39 Å². The lowest BCUT2D eigenvalue weighted by Gasteiger charge is -2.31. The zero-order chi connectivity index (χ0) is 14.9. The second kappa shape index (κ2) is 5.56. The summed E-state index contributed by atoms with van der Waals surface area (Å²) in [5.41, 5.74) is 7.75. The molecule has 0 saturated heterocycles. The van der Waals surface area contributed by atoms with Crippen LogP contribution < -0.4 is 5.73 Å². The molecule has 0 atom stereocenters. The third-order valence-corrected chi connectivity index (χ3v) is 4.26. The lowest BCUT2D eigenvalue weighted by molar-refractivity contribution is 0.261. The molecule has 0 radical (unpaired) electrons. The van der Waals surface area contributed by atoms with Gasteiger partial charge in [0.25, 0.3) is 0 Å². The van der Waals surface area contributed by atoms with Crippen LogP contribution in [0.4, 0.5) is 4.39 Å². The van der Waals surface area contributed by atoms with Gasteiger partial charge in [-0.15, -0.1) is 0 Å². The van der Waals surface area contributed by atoms with Gasteiger partial charge in [0.1, 0.15) is 5.82 Å². The molecule has 0 spiro atoms. The first-order chi connectivity index (χ1) is 10.1. The predicted octanol–water partition coefficient (Wildman–Crippen LogP) is 3.39. The summed E-state index contributed by atoms with van der Waals surface area (Å²) in [4.78, 5) is 4.40. The van der Waals surface area contributed by atoms with Crippen molar-refractivity contribution >= 4 is 0 Å². The fourth-order valence-corrected chi connectivity index (χ4v) is 3.01. The third-order valence-electron chi connectivity index (χ3n) is 4.26. The first-order valence-corrected chi connectivity index (χ1v) is 7.44. The second-order valence-electron chi connectivity index (χ2n) is 6.07. The van der Waals surface area contributed by atoms with Crippen molar-refractivity contribution in [2.45, 2.75) is 51.0 Å². The summed E-state index contributed by atoms with van der Waals surface area (Å²) < 4.78 is 18.7. The molecule has 0 aliphatic heterocycles. The van der Waals surface area contributed by atoms with Crippen LogP contribution in [0, 0.1) is 12.7 Å². The van der Waals surface area contributed by atoms with Gasteiger partial charge < -0.3 is 10.3 Å². The Morgan fingerprint density at radius 1 is 1.29 bits per heavy atom. The van der Waals surface area contributed by atoms with Gasteiger partial charge in [-0.2, -0.15) is 4.98 Å². The smallest absolute Gasteiger partial charge is 0.228 e. The Hall–Kier alpha value is -1.75. The van der Waals surface area contributed by atoms with Crippen LogP contribution in [-0.2, 0) is 6.42 Å². The largest absolute Gasteiger partial charge is 0.339 e. The summed E-state index contributed by atoms with van der Waals surface area (Å²) in [6.45, 7) is 1.90. The normalized spacial score (nSPS) is 17.9. The van der Waals surface area contributed by atoms with Gasteiger partial charge in [-0.3, -0.25) is 0 Å². The van der Waals surface area contributed by atoms with E-state index >= 15 is 0 Å². The van der Waals surface area contributed by atoms with Crippen LogP contribution in [0.5, 0.6) is 0 Å². The van der Waals surface area contributed by atoms with E-state index in [0.717, 1.165) is 31.2 Å². The highest BCUT2D eigenvalue weighted by molar-refractivity contribution is 5.59. The molecule has 1 aromatic carbocycles. The maximum Gasteiger partial charge on any atom is 0.228 e. The van der Waals surface area contributed by atoms with Gasteiger partial charge in [0.05, 0.1) is 0 Å². The van der Waals surface area contributed by atoms with Crippen LogP contribution in [0.3, 0.4) is 0 Å². The maximum absolute atomic E-state index is 13.4. The van der Waals surface area contributed by atoms with Crippen molar-refractivity contribution in [2.75, 3.05) is 0 Å². The van der Waals surface area contributed by atoms with Crippen molar-refractivity contribution in [2.24, 2.45) is 5.73 Å². The Morgan fingerprint density at radius 3 is 2.81 bits per heavy atom. The zero-order valence-corrected chi connectivity index (χ0v) is 12.2. The number of nitrogens with zero attached hydrogens (tertiary/aromatic N) is 2. The van der Waals surface area contributed by atoms with Crippen LogP contribution in [0.1, 0.15) is 43.6 Å². The SMILES string of the molecule is Cc1ccc(F)cc1-c1noc(CC2(N)CCCCC2)n1. The fourth-order valence-electron chi connectivity index (χ4n) is 3.01. The molecule has 1 aliphatic rings. The summed E-state index contributed by atoms with van der Waals surface area (Å²) in [6.07, 6.45) is 6.12. The van der Waals surface area contributed by atoms with Gasteiger partial charge in [0, 0.05) is 17.5 Å². The quantitative estimate of drug-likeness (QED) is 0.940. The predicted molar refractivity (Wildman–Crippen MR) is 78.1 cm³/mol. The van der Waals surface area contributed by atoms with Crippen molar-refractivity contribution in [1.29, 1.82) is 0 Å². The number of benzene rings is 1. The molecule has 1 heterocycles. The Labute approximate surface area is 123 Å². The minimum Gasteiger partial charge on any atom is -0.339 e. The molecule has 21 heavy (non-hydrogen) atoms. The zero-order valence-electron chi connectivity index (χ0n) is 12.2. The molecule has 5 heteroatoms. The Morgan fingerprint density at radius 2 is 2.05 bits per heavy atom. The van der Waals surface area contributed by atoms with Crippen LogP contribution in [-0.4, -0.2) is 15.7 Å². The van der Waals surface area contributed by atoms with E-state index in [1.54, 1.807) is 6.07 Å². The van der Waals surface area contributed by atoms with Gasteiger partial charge in [-0.05, 0) is 37.5 Å². The summed E-state index contributed by atoms with van der Waals surface area (Å²) in [6, 6.07) is 4.58. The topological polar surface area (TPSA) is 64.9 Å². The molecular weight excluding hydrogens is 269 g/mol. The van der Waals surface area contributed by atoms with Crippen molar-refractivity contribution in [3.8, 4) is 11.4 Å². The van der Waals surface area contributed by atoms with Gasteiger partial charge in [0.15, 0.2) is 0 Å². The fraction of sp³-hybridized carbons (Fsp3) is 0.500. The van der Waals surface area contributed by atoms with E-state index in [1.807, 2.05) is 6.92 Å². The summed E-state index contributed by atoms with van der Waals surface area (Å²) in [5.74, 6) is 0.670. The lowest BCUT2D eigenvalue weighted by atomic mass is 9.80. The number of halogens is 1. The van der Waals surface area contributed by atoms with Gasteiger partial charge in [-0.25, -0.2) is 4.39 Å². The summed E-state index contributed by atoms with van der Waals surface area (Å²) in [7, 11) is 0. The van der Waals surface area contributed by atoms with E-state index < -0.39 is 0 Å². The van der Waals surface area contributed by atoms with E-state index in [1.165, 1.54) is 18.6 Å². The molecule has 1 saturated carbocycles. The number of nitrogens with two attached hydrogens (primary N) is 1. The van der Waals surface area contributed by atoms with Crippen molar-refractivity contribution in [3.05, 3.63) is 35.5 Å². The first-order valence-electron chi connectivity index (χ1n) is 7.44. The highest BCUT2D eigenvalue weighted by Crippen LogP contribution is 2.29. The molecule has 0 unspecified atom stereocenters. The molecule has 4 nitrogen and oxygen atoms in total. The average Bonchev–Trinajstić information content (AvgIpc) is 2.90. The van der Waals surface area contributed by atoms with Gasteiger partial charge in [0.2, 0.25) is 11.7 Å². The minimum atomic E-state index is -0.301. The second-order valence-corrected chi connectivity index (χ2v) is 6.07. The van der Waals surface area contributed by atoms with Crippen LogP contribution in [0.25, 0.3) is 11.4 Å². The molecule has 2 aromatic rings. The highest BCUT2D eigenvalue weighted by atomic mass is 19.1. The lowest BCUT2D eigenvalue weighted by Crippen LogP contribution is -2.43. The number of aryl methyl sites for hydroxylation is 1. The van der Waals surface area contributed by atoms with E-state index in [4.69, 9.17) is 10.3 Å². The molecule has 1 fully saturated rings. The third kappa shape index (κ3) is 3.13. The molecular formula is C16H20FN3O. The molecule has 3 rings (SSSR count). The Kier molecular flexibility index (Phi) is 3.76. The number of hydrogen-bond acceptors (Lipinski definition) is 4. The van der Waals surface area contributed by atoms with Gasteiger partial charge in [-0.1, -0.05) is 30.5 Å². The van der Waals surface area contributed by atoms with Crippen LogP contribution in [0.15, 0.2) is 22.7 Å². The van der Waals surface area contributed by atoms with E-state index in [-0.39, 0.29) is 11.4 Å². The Balaban J connectivity index is 1.81. The van der Waals surface area contributed by atoms with Crippen LogP contribution >= 0.6 is 0 Å². The number of aromatic nitrogens is 2. The molecule has 0 bridgehead atoms. The molecule has 0 amide bonds. The summed E-state index contributed by atoms with van der Waals surface area (Å²) >= 11 is 0. The maximum atomic E-state index is 13.4. The van der Waals surface area contributed by atoms with E-state index in [0.29, 0.717) is 23.7 Å². The Bertz CT molecular complexity index is 632. The standard InChI is InChI=1S/C16H20FN3O/c1-11-5-6-12(17)9-13(11)15-19-14(21-20-15)10-16(18)7-3-2-4-8-16/h5-6,9H,2-4,7-8,10,18H2,1H3. The van der Waals surface area contributed by atoms with Crippen molar-refractivity contribution in [3.63, 3.8) is 0 Å². The molecule has 1 aliphatic carbocycles. The molecule has 2 N–H and O–H groups in total. The van der Waals surface area contributed by atoms with Gasteiger partial charge >= 0.3 is 0 Å². The van der Waals surface area contributed by atoms with Crippen molar-refractivity contribution < 1.29 is 8.91 Å².